The smallest absolute Gasteiger partial charge is 0.293 e. The third kappa shape index (κ3) is 2.68. The molecule has 0 aliphatic rings. The molecule has 2 aromatic heterocycles. The lowest BCUT2D eigenvalue weighted by atomic mass is 10.4. The van der Waals surface area contributed by atoms with E-state index in [1.165, 1.54) is 0 Å². The van der Waals surface area contributed by atoms with E-state index in [4.69, 9.17) is 0 Å². The molecule has 2 heterocycles. The molecule has 0 aliphatic carbocycles. The van der Waals surface area contributed by atoms with Gasteiger partial charge in [-0.2, -0.15) is 0 Å². The molecule has 0 unspecified atom stereocenters. The molecule has 2 rings (SSSR count). The predicted octanol–water partition coefficient (Wildman–Crippen LogP) is 1.15. The summed E-state index contributed by atoms with van der Waals surface area (Å²) in [6, 6.07) is 0. The summed E-state index contributed by atoms with van der Waals surface area (Å²) in [5, 5.41) is 9.43. The molecule has 1 N–H and O–H groups in total. The van der Waals surface area contributed by atoms with E-state index in [2.05, 4.69) is 20.2 Å². The monoisotopic (exact) mass is 251 g/mol. The highest BCUT2D eigenvalue weighted by atomic mass is 32.1. The van der Waals surface area contributed by atoms with Gasteiger partial charge in [0.2, 0.25) is 5.82 Å². The van der Waals surface area contributed by atoms with E-state index in [1.807, 2.05) is 12.3 Å². The molecule has 0 radical (unpaired) electrons. The summed E-state index contributed by atoms with van der Waals surface area (Å²) in [7, 11) is 1.71. The van der Waals surface area contributed by atoms with Crippen LogP contribution in [-0.4, -0.2) is 38.0 Å². The van der Waals surface area contributed by atoms with Gasteiger partial charge in [-0.15, -0.1) is 16.4 Å². The van der Waals surface area contributed by atoms with Gasteiger partial charge in [0.25, 0.3) is 5.91 Å². The third-order valence-corrected chi connectivity index (χ3v) is 3.02. The van der Waals surface area contributed by atoms with Gasteiger partial charge in [-0.05, 0) is 13.8 Å². The summed E-state index contributed by atoms with van der Waals surface area (Å²) >= 11 is 1.57. The van der Waals surface area contributed by atoms with Crippen LogP contribution < -0.4 is 0 Å². The van der Waals surface area contributed by atoms with Crippen LogP contribution in [0, 0.1) is 13.8 Å². The largest absolute Gasteiger partial charge is 0.333 e. The van der Waals surface area contributed by atoms with E-state index in [0.717, 1.165) is 10.7 Å². The summed E-state index contributed by atoms with van der Waals surface area (Å²) < 4.78 is 0. The molecular weight excluding hydrogens is 238 g/mol. The first-order valence-electron chi connectivity index (χ1n) is 5.11. The SMILES string of the molecule is Cc1nc(C(=O)N(C)Cc2csc(C)n2)n[nH]1. The number of nitrogens with one attached hydrogen (secondary N) is 1. The number of H-pyrrole nitrogens is 1. The lowest BCUT2D eigenvalue weighted by Gasteiger charge is -2.13. The van der Waals surface area contributed by atoms with Gasteiger partial charge in [-0.25, -0.2) is 9.97 Å². The molecule has 2 aromatic rings. The summed E-state index contributed by atoms with van der Waals surface area (Å²) in [5.41, 5.74) is 0.885. The number of hydrogen-bond acceptors (Lipinski definition) is 5. The van der Waals surface area contributed by atoms with E-state index >= 15 is 0 Å². The minimum Gasteiger partial charge on any atom is -0.333 e. The lowest BCUT2D eigenvalue weighted by Crippen LogP contribution is -2.27. The molecule has 1 amide bonds. The average Bonchev–Trinajstić information content (AvgIpc) is 2.87. The Kier molecular flexibility index (Phi) is 3.19. The Hall–Kier alpha value is -1.76. The zero-order chi connectivity index (χ0) is 12.4. The Morgan fingerprint density at radius 3 is 2.76 bits per heavy atom. The Morgan fingerprint density at radius 1 is 1.47 bits per heavy atom. The second-order valence-electron chi connectivity index (χ2n) is 3.76. The van der Waals surface area contributed by atoms with E-state index < -0.39 is 0 Å². The van der Waals surface area contributed by atoms with Crippen LogP contribution in [0.25, 0.3) is 0 Å². The molecule has 0 spiro atoms. The second-order valence-corrected chi connectivity index (χ2v) is 4.83. The van der Waals surface area contributed by atoms with E-state index in [0.29, 0.717) is 12.4 Å². The minimum atomic E-state index is -0.208. The first-order chi connectivity index (χ1) is 8.06. The van der Waals surface area contributed by atoms with Crippen molar-refractivity contribution in [2.45, 2.75) is 20.4 Å². The zero-order valence-corrected chi connectivity index (χ0v) is 10.7. The van der Waals surface area contributed by atoms with E-state index in [1.54, 1.807) is 30.2 Å². The van der Waals surface area contributed by atoms with Gasteiger partial charge < -0.3 is 4.90 Å². The second kappa shape index (κ2) is 4.62. The summed E-state index contributed by atoms with van der Waals surface area (Å²) in [5.74, 6) is 0.614. The lowest BCUT2D eigenvalue weighted by molar-refractivity contribution is 0.0772. The van der Waals surface area contributed by atoms with E-state index in [-0.39, 0.29) is 11.7 Å². The van der Waals surface area contributed by atoms with Gasteiger partial charge in [-0.3, -0.25) is 9.89 Å². The highest BCUT2D eigenvalue weighted by Gasteiger charge is 2.17. The summed E-state index contributed by atoms with van der Waals surface area (Å²) in [6.45, 7) is 4.17. The first-order valence-corrected chi connectivity index (χ1v) is 5.99. The van der Waals surface area contributed by atoms with E-state index in [9.17, 15) is 4.79 Å². The van der Waals surface area contributed by atoms with Gasteiger partial charge >= 0.3 is 0 Å². The van der Waals surface area contributed by atoms with Crippen molar-refractivity contribution in [3.05, 3.63) is 27.7 Å². The van der Waals surface area contributed by atoms with Crippen LogP contribution in [0.2, 0.25) is 0 Å². The maximum absolute atomic E-state index is 11.9. The van der Waals surface area contributed by atoms with Crippen molar-refractivity contribution in [1.82, 2.24) is 25.1 Å². The third-order valence-electron chi connectivity index (χ3n) is 2.20. The van der Waals surface area contributed by atoms with Gasteiger partial charge in [0, 0.05) is 12.4 Å². The topological polar surface area (TPSA) is 74.8 Å². The van der Waals surface area contributed by atoms with Crippen molar-refractivity contribution in [3.8, 4) is 0 Å². The molecule has 0 atom stereocenters. The normalized spacial score (nSPS) is 10.5. The van der Waals surface area contributed by atoms with Gasteiger partial charge in [-0.1, -0.05) is 0 Å². The summed E-state index contributed by atoms with van der Waals surface area (Å²) in [6.07, 6.45) is 0. The van der Waals surface area contributed by atoms with Crippen LogP contribution in [0.15, 0.2) is 5.38 Å². The molecule has 0 aliphatic heterocycles. The Bertz CT molecular complexity index is 532. The molecule has 0 saturated heterocycles. The number of thiazole rings is 1. The van der Waals surface area contributed by atoms with Crippen molar-refractivity contribution in [2.75, 3.05) is 7.05 Å². The fourth-order valence-corrected chi connectivity index (χ4v) is 2.01. The van der Waals surface area contributed by atoms with Crippen molar-refractivity contribution in [3.63, 3.8) is 0 Å². The molecular formula is C10H13N5OS. The van der Waals surface area contributed by atoms with Crippen LogP contribution in [0.3, 0.4) is 0 Å². The Balaban J connectivity index is 2.05. The Morgan fingerprint density at radius 2 is 2.24 bits per heavy atom. The number of aromatic nitrogens is 4. The maximum Gasteiger partial charge on any atom is 0.293 e. The van der Waals surface area contributed by atoms with Crippen molar-refractivity contribution < 1.29 is 4.79 Å². The molecule has 0 aromatic carbocycles. The molecule has 17 heavy (non-hydrogen) atoms. The number of aromatic amines is 1. The predicted molar refractivity (Wildman–Crippen MR) is 63.8 cm³/mol. The average molecular weight is 251 g/mol. The fourth-order valence-electron chi connectivity index (χ4n) is 1.40. The molecule has 0 saturated carbocycles. The molecule has 6 nitrogen and oxygen atoms in total. The number of nitrogens with zero attached hydrogens (tertiary/aromatic N) is 4. The maximum atomic E-state index is 11.9. The highest BCUT2D eigenvalue weighted by molar-refractivity contribution is 7.09. The van der Waals surface area contributed by atoms with Crippen molar-refractivity contribution in [2.24, 2.45) is 0 Å². The van der Waals surface area contributed by atoms with Crippen LogP contribution in [0.5, 0.6) is 0 Å². The quantitative estimate of drug-likeness (QED) is 0.888. The number of rotatable bonds is 3. The van der Waals surface area contributed by atoms with Crippen LogP contribution >= 0.6 is 11.3 Å². The zero-order valence-electron chi connectivity index (χ0n) is 9.89. The van der Waals surface area contributed by atoms with Crippen LogP contribution in [-0.2, 0) is 6.54 Å². The highest BCUT2D eigenvalue weighted by Crippen LogP contribution is 2.10. The molecule has 0 fully saturated rings. The van der Waals surface area contributed by atoms with Gasteiger partial charge in [0.15, 0.2) is 0 Å². The minimum absolute atomic E-state index is 0.192. The van der Waals surface area contributed by atoms with Gasteiger partial charge in [0.1, 0.15) is 5.82 Å². The van der Waals surface area contributed by atoms with Crippen molar-refractivity contribution >= 4 is 17.2 Å². The number of aryl methyl sites for hydroxylation is 2. The molecule has 90 valence electrons. The van der Waals surface area contributed by atoms with Crippen LogP contribution in [0.1, 0.15) is 27.1 Å². The summed E-state index contributed by atoms with van der Waals surface area (Å²) in [4.78, 5) is 21.8. The molecule has 0 bridgehead atoms. The number of hydrogen-bond donors (Lipinski definition) is 1. The number of amides is 1. The molecule has 7 heteroatoms. The number of carbonyl (C=O) groups excluding carboxylic acids is 1. The fraction of sp³-hybridized carbons (Fsp3) is 0.400. The first kappa shape index (κ1) is 11.7. The van der Waals surface area contributed by atoms with Crippen LogP contribution in [0.4, 0.5) is 0 Å². The van der Waals surface area contributed by atoms with Gasteiger partial charge in [0.05, 0.1) is 17.2 Å². The number of carbonyl (C=O) groups is 1. The standard InChI is InChI=1S/C10H13N5OS/c1-6-11-9(14-13-6)10(16)15(3)4-8-5-17-7(2)12-8/h5H,4H2,1-3H3,(H,11,13,14). The Labute approximate surface area is 103 Å². The van der Waals surface area contributed by atoms with Crippen molar-refractivity contribution in [1.29, 1.82) is 0 Å².